The molecule has 5 nitrogen and oxygen atoms in total. The van der Waals surface area contributed by atoms with Gasteiger partial charge in [0.2, 0.25) is 0 Å². The number of carbonyl (C=O) groups excluding carboxylic acids is 1. The molecule has 1 saturated heterocycles. The summed E-state index contributed by atoms with van der Waals surface area (Å²) in [6, 6.07) is 19.9. The minimum Gasteiger partial charge on any atom is -0.288 e. The fraction of sp³-hybridized carbons (Fsp3) is 0.0400. The molecule has 2 aromatic heterocycles. The first-order valence-corrected chi connectivity index (χ1v) is 13.1. The fourth-order valence-electron chi connectivity index (χ4n) is 3.46. The van der Waals surface area contributed by atoms with Gasteiger partial charge in [-0.3, -0.25) is 18.9 Å². The molecule has 1 amide bonds. The van der Waals surface area contributed by atoms with E-state index in [4.69, 9.17) is 40.4 Å². The highest BCUT2D eigenvalue weighted by molar-refractivity contribution is 8.26. The number of thiocarbonyl (C=S) groups is 1. The van der Waals surface area contributed by atoms with Crippen LogP contribution in [-0.2, 0) is 11.3 Å². The molecule has 0 N–H and O–H groups in total. The van der Waals surface area contributed by atoms with Crippen LogP contribution in [0, 0.1) is 0 Å². The van der Waals surface area contributed by atoms with Crippen LogP contribution in [0.25, 0.3) is 11.7 Å². The van der Waals surface area contributed by atoms with Crippen molar-refractivity contribution < 1.29 is 4.79 Å². The van der Waals surface area contributed by atoms with E-state index in [2.05, 4.69) is 0 Å². The van der Waals surface area contributed by atoms with Gasteiger partial charge in [0.1, 0.15) is 15.0 Å². The highest BCUT2D eigenvalue weighted by Crippen LogP contribution is 2.36. The molecule has 5 rings (SSSR count). The Morgan fingerprint density at radius 3 is 2.51 bits per heavy atom. The zero-order valence-corrected chi connectivity index (χ0v) is 21.8. The molecule has 174 valence electrons. The second kappa shape index (κ2) is 10.2. The summed E-state index contributed by atoms with van der Waals surface area (Å²) in [5.74, 6) is -0.278. The van der Waals surface area contributed by atoms with Crippen molar-refractivity contribution in [3.05, 3.63) is 109 Å². The van der Waals surface area contributed by atoms with E-state index < -0.39 is 0 Å². The molecule has 4 aromatic rings. The molecule has 35 heavy (non-hydrogen) atoms. The van der Waals surface area contributed by atoms with Gasteiger partial charge in [-0.1, -0.05) is 83.2 Å². The van der Waals surface area contributed by atoms with Crippen LogP contribution in [0.4, 0.5) is 0 Å². The van der Waals surface area contributed by atoms with Gasteiger partial charge in [0.05, 0.1) is 17.0 Å². The molecule has 0 bridgehead atoms. The van der Waals surface area contributed by atoms with Crippen LogP contribution in [0.15, 0.2) is 92.5 Å². The topological polar surface area (TPSA) is 54.7 Å². The Balaban J connectivity index is 1.56. The van der Waals surface area contributed by atoms with Crippen LogP contribution in [0.2, 0.25) is 10.0 Å². The Kier molecular flexibility index (Phi) is 7.00. The van der Waals surface area contributed by atoms with Crippen LogP contribution < -0.4 is 5.56 Å². The molecule has 10 heteroatoms. The summed E-state index contributed by atoms with van der Waals surface area (Å²) in [6.07, 6.45) is 3.24. The number of hydrogen-bond acceptors (Lipinski definition) is 6. The first kappa shape index (κ1) is 24.1. The zero-order chi connectivity index (χ0) is 24.5. The number of halogens is 2. The number of aromatic nitrogens is 2. The number of nitrogens with zero attached hydrogens (tertiary/aromatic N) is 3. The highest BCUT2D eigenvalue weighted by Gasteiger charge is 2.33. The van der Waals surface area contributed by atoms with Crippen molar-refractivity contribution in [2.45, 2.75) is 16.5 Å². The number of rotatable bonds is 5. The maximum atomic E-state index is 13.4. The van der Waals surface area contributed by atoms with Gasteiger partial charge in [-0.25, -0.2) is 4.98 Å². The van der Waals surface area contributed by atoms with Gasteiger partial charge < -0.3 is 0 Å². The van der Waals surface area contributed by atoms with Crippen LogP contribution in [0.1, 0.15) is 11.1 Å². The molecule has 1 aliphatic heterocycles. The Morgan fingerprint density at radius 1 is 1.00 bits per heavy atom. The van der Waals surface area contributed by atoms with E-state index in [-0.39, 0.29) is 18.0 Å². The van der Waals surface area contributed by atoms with E-state index in [1.807, 2.05) is 36.4 Å². The highest BCUT2D eigenvalue weighted by atomic mass is 35.5. The minimum atomic E-state index is -0.278. The first-order chi connectivity index (χ1) is 16.9. The normalized spacial score (nSPS) is 14.9. The number of amides is 1. The number of thioether (sulfide) groups is 1. The van der Waals surface area contributed by atoms with E-state index >= 15 is 0 Å². The Bertz CT molecular complexity index is 1570. The van der Waals surface area contributed by atoms with Crippen LogP contribution >= 0.6 is 58.9 Å². The predicted molar refractivity (Wildman–Crippen MR) is 147 cm³/mol. The van der Waals surface area contributed by atoms with Crippen molar-refractivity contribution in [1.82, 2.24) is 14.3 Å². The van der Waals surface area contributed by atoms with E-state index in [1.54, 1.807) is 42.6 Å². The van der Waals surface area contributed by atoms with Gasteiger partial charge in [-0.05, 0) is 54.1 Å². The largest absolute Gasteiger partial charge is 0.288 e. The number of carbonyl (C=O) groups is 1. The van der Waals surface area contributed by atoms with Crippen molar-refractivity contribution in [1.29, 1.82) is 0 Å². The Morgan fingerprint density at radius 2 is 1.74 bits per heavy atom. The third-order valence-electron chi connectivity index (χ3n) is 5.20. The molecule has 0 spiro atoms. The van der Waals surface area contributed by atoms with E-state index in [0.29, 0.717) is 35.5 Å². The van der Waals surface area contributed by atoms with Gasteiger partial charge in [0.25, 0.3) is 11.5 Å². The summed E-state index contributed by atoms with van der Waals surface area (Å²) in [4.78, 5) is 34.1. The van der Waals surface area contributed by atoms with E-state index in [9.17, 15) is 9.59 Å². The molecular weight excluding hydrogens is 541 g/mol. The van der Waals surface area contributed by atoms with E-state index in [1.165, 1.54) is 21.1 Å². The van der Waals surface area contributed by atoms with Crippen molar-refractivity contribution >= 4 is 80.9 Å². The predicted octanol–water partition coefficient (Wildman–Crippen LogP) is 6.55. The second-order valence-electron chi connectivity index (χ2n) is 7.48. The van der Waals surface area contributed by atoms with Crippen molar-refractivity contribution in [3.63, 3.8) is 0 Å². The maximum absolute atomic E-state index is 13.4. The standard InChI is InChI=1S/C25H15Cl2N3O2S3/c26-16-8-10-17(11-9-16)34-22-18(23(31)29-12-4-3-7-21(29)28-22)13-20-24(32)30(25(33)35-20)14-15-5-1-2-6-19(15)27/h1-13H,14H2/b20-13+. The van der Waals surface area contributed by atoms with Gasteiger partial charge >= 0.3 is 0 Å². The summed E-state index contributed by atoms with van der Waals surface area (Å²) in [7, 11) is 0. The average molecular weight is 557 g/mol. The van der Waals surface area contributed by atoms with Gasteiger partial charge in [-0.15, -0.1) is 0 Å². The summed E-state index contributed by atoms with van der Waals surface area (Å²) in [5, 5.41) is 1.66. The van der Waals surface area contributed by atoms with Gasteiger partial charge in [0.15, 0.2) is 0 Å². The first-order valence-electron chi connectivity index (χ1n) is 10.3. The molecule has 0 radical (unpaired) electrons. The molecular formula is C25H15Cl2N3O2S3. The van der Waals surface area contributed by atoms with Gasteiger partial charge in [0, 0.05) is 21.1 Å². The van der Waals surface area contributed by atoms with Gasteiger partial charge in [-0.2, -0.15) is 0 Å². The number of pyridine rings is 1. The lowest BCUT2D eigenvalue weighted by atomic mass is 10.2. The maximum Gasteiger partial charge on any atom is 0.266 e. The van der Waals surface area contributed by atoms with Crippen molar-refractivity contribution in [2.24, 2.45) is 0 Å². The molecule has 3 heterocycles. The fourth-order valence-corrected chi connectivity index (χ4v) is 5.91. The zero-order valence-electron chi connectivity index (χ0n) is 17.9. The molecule has 0 aliphatic carbocycles. The number of hydrogen-bond donors (Lipinski definition) is 0. The minimum absolute atomic E-state index is 0.253. The lowest BCUT2D eigenvalue weighted by molar-refractivity contribution is -0.122. The van der Waals surface area contributed by atoms with Crippen molar-refractivity contribution in [2.75, 3.05) is 0 Å². The lowest BCUT2D eigenvalue weighted by Crippen LogP contribution is -2.27. The van der Waals surface area contributed by atoms with Crippen molar-refractivity contribution in [3.8, 4) is 0 Å². The monoisotopic (exact) mass is 555 g/mol. The Labute approximate surface area is 224 Å². The van der Waals surface area contributed by atoms with Crippen LogP contribution in [0.5, 0.6) is 0 Å². The summed E-state index contributed by atoms with van der Waals surface area (Å²) < 4.78 is 1.87. The van der Waals surface area contributed by atoms with Crippen LogP contribution in [0.3, 0.4) is 0 Å². The molecule has 2 aromatic carbocycles. The summed E-state index contributed by atoms with van der Waals surface area (Å²) >= 11 is 20.3. The Hall–Kier alpha value is -2.62. The molecule has 1 fully saturated rings. The smallest absolute Gasteiger partial charge is 0.266 e. The third-order valence-corrected chi connectivity index (χ3v) is 8.21. The lowest BCUT2D eigenvalue weighted by Gasteiger charge is -2.15. The quantitative estimate of drug-likeness (QED) is 0.158. The second-order valence-corrected chi connectivity index (χ2v) is 11.1. The number of benzene rings is 2. The summed E-state index contributed by atoms with van der Waals surface area (Å²) in [5.41, 5.74) is 1.34. The molecule has 0 saturated carbocycles. The molecule has 1 aliphatic rings. The molecule has 0 unspecified atom stereocenters. The SMILES string of the molecule is O=C1/C(=C\c2c(Sc3ccc(Cl)cc3)nc3ccccn3c2=O)SC(=S)N1Cc1ccccc1Cl. The third kappa shape index (κ3) is 5.03. The molecule has 0 atom stereocenters. The van der Waals surface area contributed by atoms with E-state index in [0.717, 1.165) is 22.2 Å². The van der Waals surface area contributed by atoms with Crippen LogP contribution in [-0.4, -0.2) is 24.5 Å². The summed E-state index contributed by atoms with van der Waals surface area (Å²) in [6.45, 7) is 0.253. The average Bonchev–Trinajstić information content (AvgIpc) is 3.11. The number of fused-ring (bicyclic) bond motifs is 1.